The summed E-state index contributed by atoms with van der Waals surface area (Å²) in [5.41, 5.74) is 10.3. The second-order valence-corrected chi connectivity index (χ2v) is 8.49. The van der Waals surface area contributed by atoms with Crippen molar-refractivity contribution in [1.29, 1.82) is 0 Å². The molecule has 7 rings (SSSR count). The third-order valence-corrected chi connectivity index (χ3v) is 6.67. The van der Waals surface area contributed by atoms with Crippen molar-refractivity contribution in [3.63, 3.8) is 0 Å². The number of pyridine rings is 1. The predicted octanol–water partition coefficient (Wildman–Crippen LogP) is 8.37. The number of benzene rings is 5. The zero-order valence-corrected chi connectivity index (χ0v) is 17.4. The van der Waals surface area contributed by atoms with Crippen LogP contribution in [0.1, 0.15) is 0 Å². The van der Waals surface area contributed by atoms with Gasteiger partial charge in [-0.05, 0) is 102 Å². The van der Waals surface area contributed by atoms with Gasteiger partial charge in [0.1, 0.15) is 0 Å². The Bertz CT molecular complexity index is 1660. The second-order valence-electron chi connectivity index (χ2n) is 8.49. The average Bonchev–Trinajstić information content (AvgIpc) is 3.19. The van der Waals surface area contributed by atoms with Crippen molar-refractivity contribution in [3.8, 4) is 44.5 Å². The lowest BCUT2D eigenvalue weighted by Crippen LogP contribution is -1.84. The van der Waals surface area contributed by atoms with Gasteiger partial charge in [-0.3, -0.25) is 4.98 Å². The summed E-state index contributed by atoms with van der Waals surface area (Å²) in [7, 11) is 0. The van der Waals surface area contributed by atoms with Gasteiger partial charge in [0.05, 0.1) is 0 Å². The first-order valence-electron chi connectivity index (χ1n) is 11.0. The van der Waals surface area contributed by atoms with Gasteiger partial charge < -0.3 is 0 Å². The summed E-state index contributed by atoms with van der Waals surface area (Å²) in [5.74, 6) is 0. The van der Waals surface area contributed by atoms with E-state index in [9.17, 15) is 0 Å². The van der Waals surface area contributed by atoms with E-state index in [1.807, 2.05) is 12.4 Å². The van der Waals surface area contributed by atoms with Gasteiger partial charge in [0.2, 0.25) is 0 Å². The number of nitrogens with zero attached hydrogens (tertiary/aromatic N) is 1. The standard InChI is InChI=1S/C31H19N/c1-2-6-28-27(5-1)29-7-3-4-25-18-26(19-30(28)31(25)29)24-11-10-22-16-21(8-9-23(22)17-24)20-12-14-32-15-13-20/h1-19H. The number of aromatic nitrogens is 1. The lowest BCUT2D eigenvalue weighted by Gasteiger charge is -2.10. The average molecular weight is 406 g/mol. The smallest absolute Gasteiger partial charge is 0.0273 e. The number of hydrogen-bond donors (Lipinski definition) is 0. The molecule has 148 valence electrons. The molecule has 1 aliphatic rings. The molecule has 5 aromatic carbocycles. The van der Waals surface area contributed by atoms with Crippen molar-refractivity contribution in [3.05, 3.63) is 116 Å². The molecule has 1 nitrogen and oxygen atoms in total. The topological polar surface area (TPSA) is 12.9 Å². The van der Waals surface area contributed by atoms with E-state index in [-0.39, 0.29) is 0 Å². The molecule has 0 aliphatic heterocycles. The van der Waals surface area contributed by atoms with Crippen LogP contribution in [0.2, 0.25) is 0 Å². The van der Waals surface area contributed by atoms with Crippen LogP contribution in [0, 0.1) is 0 Å². The van der Waals surface area contributed by atoms with Gasteiger partial charge in [-0.15, -0.1) is 0 Å². The van der Waals surface area contributed by atoms with Gasteiger partial charge in [0.25, 0.3) is 0 Å². The number of hydrogen-bond acceptors (Lipinski definition) is 1. The summed E-state index contributed by atoms with van der Waals surface area (Å²) in [4.78, 5) is 4.13. The molecule has 0 N–H and O–H groups in total. The fraction of sp³-hybridized carbons (Fsp3) is 0. The van der Waals surface area contributed by atoms with E-state index < -0.39 is 0 Å². The Balaban J connectivity index is 1.39. The van der Waals surface area contributed by atoms with Crippen LogP contribution >= 0.6 is 0 Å². The summed E-state index contributed by atoms with van der Waals surface area (Å²) in [6.45, 7) is 0. The molecule has 0 saturated carbocycles. The van der Waals surface area contributed by atoms with Crippen molar-refractivity contribution in [1.82, 2.24) is 4.98 Å². The monoisotopic (exact) mass is 405 g/mol. The van der Waals surface area contributed by atoms with Crippen LogP contribution in [-0.4, -0.2) is 4.98 Å². The van der Waals surface area contributed by atoms with Crippen LogP contribution in [0.3, 0.4) is 0 Å². The van der Waals surface area contributed by atoms with Gasteiger partial charge in [0.15, 0.2) is 0 Å². The summed E-state index contributed by atoms with van der Waals surface area (Å²) in [5, 5.41) is 5.19. The van der Waals surface area contributed by atoms with Crippen LogP contribution < -0.4 is 0 Å². The molecule has 0 radical (unpaired) electrons. The maximum Gasteiger partial charge on any atom is 0.0273 e. The minimum Gasteiger partial charge on any atom is -0.265 e. The van der Waals surface area contributed by atoms with Gasteiger partial charge >= 0.3 is 0 Å². The van der Waals surface area contributed by atoms with Crippen LogP contribution in [-0.2, 0) is 0 Å². The van der Waals surface area contributed by atoms with Crippen molar-refractivity contribution in [2.24, 2.45) is 0 Å². The Morgan fingerprint density at radius 2 is 1.00 bits per heavy atom. The SMILES string of the molecule is c1ccc2c(c1)-c1cccc3cc(-c4ccc5cc(-c6ccncc6)ccc5c4)cc-2c13. The molecule has 0 atom stereocenters. The molecule has 6 aromatic rings. The number of fused-ring (bicyclic) bond motifs is 4. The maximum atomic E-state index is 4.13. The van der Waals surface area contributed by atoms with E-state index in [0.29, 0.717) is 0 Å². The van der Waals surface area contributed by atoms with E-state index >= 15 is 0 Å². The molecule has 0 fully saturated rings. The molecule has 0 amide bonds. The first-order chi connectivity index (χ1) is 15.8. The molecule has 0 saturated heterocycles. The Morgan fingerprint density at radius 3 is 1.75 bits per heavy atom. The third kappa shape index (κ3) is 2.55. The summed E-state index contributed by atoms with van der Waals surface area (Å²) in [6, 6.07) is 37.7. The summed E-state index contributed by atoms with van der Waals surface area (Å²) in [6.07, 6.45) is 3.69. The second kappa shape index (κ2) is 6.63. The van der Waals surface area contributed by atoms with Crippen molar-refractivity contribution in [2.45, 2.75) is 0 Å². The maximum absolute atomic E-state index is 4.13. The van der Waals surface area contributed by atoms with Gasteiger partial charge in [-0.1, -0.05) is 66.7 Å². The predicted molar refractivity (Wildman–Crippen MR) is 135 cm³/mol. The Morgan fingerprint density at radius 1 is 0.375 bits per heavy atom. The highest BCUT2D eigenvalue weighted by molar-refractivity contribution is 6.16. The lowest BCUT2D eigenvalue weighted by molar-refractivity contribution is 1.33. The van der Waals surface area contributed by atoms with E-state index in [1.165, 1.54) is 66.1 Å². The quantitative estimate of drug-likeness (QED) is 0.281. The largest absolute Gasteiger partial charge is 0.265 e. The molecule has 1 heterocycles. The lowest BCUT2D eigenvalue weighted by atomic mass is 9.94. The normalized spacial score (nSPS) is 11.8. The summed E-state index contributed by atoms with van der Waals surface area (Å²) >= 11 is 0. The van der Waals surface area contributed by atoms with Gasteiger partial charge in [-0.25, -0.2) is 0 Å². The highest BCUT2D eigenvalue weighted by atomic mass is 14.6. The summed E-state index contributed by atoms with van der Waals surface area (Å²) < 4.78 is 0. The molecular formula is C31H19N. The van der Waals surface area contributed by atoms with Crippen LogP contribution in [0.25, 0.3) is 66.1 Å². The molecule has 32 heavy (non-hydrogen) atoms. The first-order valence-corrected chi connectivity index (χ1v) is 11.0. The Labute approximate surface area is 186 Å². The Hall–Kier alpha value is -4.23. The van der Waals surface area contributed by atoms with E-state index in [1.54, 1.807) is 0 Å². The van der Waals surface area contributed by atoms with Crippen LogP contribution in [0.5, 0.6) is 0 Å². The van der Waals surface area contributed by atoms with Crippen LogP contribution in [0.4, 0.5) is 0 Å². The zero-order chi connectivity index (χ0) is 21.1. The molecule has 0 bridgehead atoms. The zero-order valence-electron chi connectivity index (χ0n) is 17.4. The molecule has 0 spiro atoms. The van der Waals surface area contributed by atoms with Gasteiger partial charge in [0, 0.05) is 12.4 Å². The van der Waals surface area contributed by atoms with Crippen LogP contribution in [0.15, 0.2) is 116 Å². The fourth-order valence-electron chi connectivity index (χ4n) is 5.13. The molecule has 1 heteroatoms. The van der Waals surface area contributed by atoms with E-state index in [4.69, 9.17) is 0 Å². The Kier molecular flexibility index (Phi) is 3.62. The van der Waals surface area contributed by atoms with Crippen molar-refractivity contribution in [2.75, 3.05) is 0 Å². The number of rotatable bonds is 2. The first kappa shape index (κ1) is 17.5. The van der Waals surface area contributed by atoms with Gasteiger partial charge in [-0.2, -0.15) is 0 Å². The third-order valence-electron chi connectivity index (χ3n) is 6.67. The molecule has 1 aromatic heterocycles. The molecule has 0 unspecified atom stereocenters. The van der Waals surface area contributed by atoms with Crippen molar-refractivity contribution < 1.29 is 0 Å². The van der Waals surface area contributed by atoms with E-state index in [0.717, 1.165) is 0 Å². The highest BCUT2D eigenvalue weighted by Gasteiger charge is 2.21. The molecular weight excluding hydrogens is 386 g/mol. The van der Waals surface area contributed by atoms with E-state index in [2.05, 4.69) is 108 Å². The fourth-order valence-corrected chi connectivity index (χ4v) is 5.13. The highest BCUT2D eigenvalue weighted by Crippen LogP contribution is 2.48. The molecule has 1 aliphatic carbocycles. The minimum atomic E-state index is 1.19. The van der Waals surface area contributed by atoms with Crippen molar-refractivity contribution >= 4 is 21.5 Å². The minimum absolute atomic E-state index is 1.19.